The van der Waals surface area contributed by atoms with E-state index in [1.54, 1.807) is 0 Å². The number of carbonyl (C=O) groups excluding carboxylic acids is 1. The van der Waals surface area contributed by atoms with Gasteiger partial charge in [0.2, 0.25) is 0 Å². The molecule has 5 nitrogen and oxygen atoms in total. The fourth-order valence-electron chi connectivity index (χ4n) is 4.46. The van der Waals surface area contributed by atoms with E-state index in [9.17, 15) is 4.79 Å². The van der Waals surface area contributed by atoms with Gasteiger partial charge in [-0.25, -0.2) is 0 Å². The number of piperazine rings is 1. The fraction of sp³-hybridized carbons (Fsp3) is 0.344. The van der Waals surface area contributed by atoms with Gasteiger partial charge in [0.1, 0.15) is 5.70 Å². The Morgan fingerprint density at radius 3 is 1.90 bits per heavy atom. The van der Waals surface area contributed by atoms with Crippen molar-refractivity contribution in [2.24, 2.45) is 0 Å². The van der Waals surface area contributed by atoms with Gasteiger partial charge in [0.25, 0.3) is 5.91 Å². The number of hydrogen-bond donors (Lipinski definition) is 1. The minimum Gasteiger partial charge on any atom is -0.368 e. The summed E-state index contributed by atoms with van der Waals surface area (Å²) in [5, 5.41) is 5.36. The molecule has 39 heavy (non-hydrogen) atoms. The van der Waals surface area contributed by atoms with Crippen molar-refractivity contribution in [1.82, 2.24) is 10.2 Å². The molecule has 0 aliphatic carbocycles. The molecule has 0 aromatic heterocycles. The zero-order valence-corrected chi connectivity index (χ0v) is 26.2. The van der Waals surface area contributed by atoms with Crippen LogP contribution in [-0.4, -0.2) is 37.0 Å². The van der Waals surface area contributed by atoms with Crippen molar-refractivity contribution in [3.63, 3.8) is 0 Å². The minimum absolute atomic E-state index is 0.0874. The third-order valence-electron chi connectivity index (χ3n) is 6.74. The number of nitrogens with zero attached hydrogens (tertiary/aromatic N) is 3. The first-order chi connectivity index (χ1) is 18.8. The van der Waals surface area contributed by atoms with E-state index in [4.69, 9.17) is 0 Å². The summed E-state index contributed by atoms with van der Waals surface area (Å²) in [6, 6.07) is 17.2. The van der Waals surface area contributed by atoms with Gasteiger partial charge in [-0.2, -0.15) is 0 Å². The number of nitrogens with one attached hydrogen (secondary N) is 1. The molecule has 1 N–H and O–H groups in total. The van der Waals surface area contributed by atoms with Gasteiger partial charge in [0.05, 0.1) is 0 Å². The zero-order chi connectivity index (χ0) is 28.4. The van der Waals surface area contributed by atoms with Crippen LogP contribution in [0.25, 0.3) is 0 Å². The second kappa shape index (κ2) is 15.1. The molecule has 0 bridgehead atoms. The maximum absolute atomic E-state index is 13.2. The number of rotatable bonds is 7. The second-order valence-electron chi connectivity index (χ2n) is 9.93. The number of hydrogen-bond acceptors (Lipinski definition) is 4. The first-order valence-electron chi connectivity index (χ1n) is 13.8. The van der Waals surface area contributed by atoms with Gasteiger partial charge >= 0.3 is 0 Å². The summed E-state index contributed by atoms with van der Waals surface area (Å²) in [5.41, 5.74) is 6.05. The molecule has 2 aliphatic heterocycles. The number of benzene rings is 2. The first kappa shape index (κ1) is 30.7. The van der Waals surface area contributed by atoms with Crippen LogP contribution in [0, 0.1) is 0 Å². The van der Waals surface area contributed by atoms with Gasteiger partial charge in [-0.3, -0.25) is 4.79 Å². The van der Waals surface area contributed by atoms with Crippen LogP contribution >= 0.6 is 18.5 Å². The maximum atomic E-state index is 13.2. The molecule has 1 amide bonds. The Morgan fingerprint density at radius 2 is 1.41 bits per heavy atom. The summed E-state index contributed by atoms with van der Waals surface area (Å²) < 4.78 is 0. The van der Waals surface area contributed by atoms with Crippen molar-refractivity contribution in [3.05, 3.63) is 101 Å². The Balaban J connectivity index is 0.00000134. The predicted octanol–water partition coefficient (Wildman–Crippen LogP) is 6.33. The van der Waals surface area contributed by atoms with E-state index in [1.165, 1.54) is 23.1 Å². The van der Waals surface area contributed by atoms with Crippen LogP contribution in [0.2, 0.25) is 0 Å². The molecule has 2 heterocycles. The van der Waals surface area contributed by atoms with E-state index in [0.29, 0.717) is 12.2 Å². The van der Waals surface area contributed by atoms with Crippen LogP contribution < -0.4 is 20.4 Å². The Kier molecular flexibility index (Phi) is 11.8. The third kappa shape index (κ3) is 8.56. The van der Waals surface area contributed by atoms with Crippen molar-refractivity contribution in [3.8, 4) is 0 Å². The van der Waals surface area contributed by atoms with Crippen molar-refractivity contribution in [1.29, 1.82) is 0 Å². The van der Waals surface area contributed by atoms with Gasteiger partial charge < -0.3 is 20.0 Å². The van der Waals surface area contributed by atoms with E-state index >= 15 is 0 Å². The molecule has 0 radical (unpaired) electrons. The Morgan fingerprint density at radius 1 is 0.897 bits per heavy atom. The molecule has 1 saturated heterocycles. The summed E-state index contributed by atoms with van der Waals surface area (Å²) in [7, 11) is 5.41. The first-order valence-corrected chi connectivity index (χ1v) is 15.0. The van der Waals surface area contributed by atoms with Gasteiger partial charge in [-0.15, -0.1) is 18.5 Å². The van der Waals surface area contributed by atoms with Crippen LogP contribution in [0.4, 0.5) is 11.4 Å². The highest BCUT2D eigenvalue weighted by Gasteiger charge is 2.22. The molecule has 208 valence electrons. The van der Waals surface area contributed by atoms with Crippen LogP contribution in [0.1, 0.15) is 46.1 Å². The number of carbonyl (C=O) groups is 1. The van der Waals surface area contributed by atoms with Crippen LogP contribution in [0.5, 0.6) is 0 Å². The Labute approximate surface area is 240 Å². The van der Waals surface area contributed by atoms with E-state index in [-0.39, 0.29) is 5.91 Å². The molecule has 2 atom stereocenters. The molecule has 4 rings (SSSR count). The Bertz CT molecular complexity index is 1210. The lowest BCUT2D eigenvalue weighted by molar-refractivity contribution is -0.118. The summed E-state index contributed by atoms with van der Waals surface area (Å²) in [4.78, 5) is 19.9. The maximum Gasteiger partial charge on any atom is 0.268 e. The zero-order valence-electron chi connectivity index (χ0n) is 23.9. The fourth-order valence-corrected chi connectivity index (χ4v) is 4.93. The summed E-state index contributed by atoms with van der Waals surface area (Å²) in [5.74, 6) is -0.0874. The van der Waals surface area contributed by atoms with E-state index in [0.717, 1.165) is 54.7 Å². The van der Waals surface area contributed by atoms with Crippen molar-refractivity contribution in [2.45, 2.75) is 47.1 Å². The molecular weight excluding hydrogens is 518 g/mol. The summed E-state index contributed by atoms with van der Waals surface area (Å²) in [6.45, 7) is 16.9. The average molecular weight is 563 g/mol. The molecule has 2 aliphatic rings. The largest absolute Gasteiger partial charge is 0.368 e. The van der Waals surface area contributed by atoms with Crippen LogP contribution in [0.15, 0.2) is 95.7 Å². The minimum atomic E-state index is -0.0874. The normalized spacial score (nSPS) is 15.8. The molecule has 2 aromatic rings. The van der Waals surface area contributed by atoms with Crippen molar-refractivity contribution < 1.29 is 4.79 Å². The highest BCUT2D eigenvalue weighted by atomic mass is 31.0. The standard InChI is InChI=1S/C29H36N4OP2.C3H8/c1-4-21(2)28(33-14-13-27(36)19-22(33)3)29(34)30-20-23-5-7-24(8-6-23)31-15-17-32(18-16-31)25-9-11-26(35)12-10-25;1-3-2/h5-14,19H,3-4,15-18,20,35-36H2,1-2H3,(H,30,34);3H2,1-2H3/b28-21+;. The van der Waals surface area contributed by atoms with Gasteiger partial charge in [-0.05, 0) is 71.5 Å². The van der Waals surface area contributed by atoms with Gasteiger partial charge in [-0.1, -0.05) is 58.0 Å². The average Bonchev–Trinajstić information content (AvgIpc) is 2.94. The van der Waals surface area contributed by atoms with E-state index in [2.05, 4.69) is 109 Å². The third-order valence-corrected chi connectivity index (χ3v) is 7.49. The Hall–Kier alpha value is -2.87. The number of anilines is 2. The summed E-state index contributed by atoms with van der Waals surface area (Å²) in [6.07, 6.45) is 7.88. The van der Waals surface area contributed by atoms with Crippen LogP contribution in [-0.2, 0) is 11.3 Å². The molecule has 1 fully saturated rings. The monoisotopic (exact) mass is 562 g/mol. The lowest BCUT2D eigenvalue weighted by atomic mass is 10.1. The molecule has 2 aromatic carbocycles. The van der Waals surface area contributed by atoms with Crippen molar-refractivity contribution >= 4 is 41.1 Å². The predicted molar refractivity (Wildman–Crippen MR) is 175 cm³/mol. The smallest absolute Gasteiger partial charge is 0.268 e. The van der Waals surface area contributed by atoms with Crippen molar-refractivity contribution in [2.75, 3.05) is 36.0 Å². The van der Waals surface area contributed by atoms with Gasteiger partial charge in [0.15, 0.2) is 0 Å². The molecule has 2 unspecified atom stereocenters. The molecule has 7 heteroatoms. The lowest BCUT2D eigenvalue weighted by Gasteiger charge is -2.37. The summed E-state index contributed by atoms with van der Waals surface area (Å²) >= 11 is 0. The SMILES string of the molecule is C=C1C=C(P)C=CN1/C(C(=O)NCc1ccc(N2CCN(c3ccc(P)cc3)CC2)cc1)=C(\C)CC.CCC. The lowest BCUT2D eigenvalue weighted by Crippen LogP contribution is -2.46. The number of allylic oxidation sites excluding steroid dienone is 4. The van der Waals surface area contributed by atoms with Gasteiger partial charge in [0, 0.05) is 56.0 Å². The highest BCUT2D eigenvalue weighted by molar-refractivity contribution is 7.27. The topological polar surface area (TPSA) is 38.8 Å². The highest BCUT2D eigenvalue weighted by Crippen LogP contribution is 2.26. The molecule has 0 saturated carbocycles. The van der Waals surface area contributed by atoms with Crippen LogP contribution in [0.3, 0.4) is 0 Å². The number of amides is 1. The molecule has 0 spiro atoms. The quantitative estimate of drug-likeness (QED) is 0.316. The van der Waals surface area contributed by atoms with E-state index < -0.39 is 0 Å². The molecular formula is C32H44N4OP2. The second-order valence-corrected chi connectivity index (χ2v) is 11.3. The van der Waals surface area contributed by atoms with E-state index in [1.807, 2.05) is 30.2 Å².